The summed E-state index contributed by atoms with van der Waals surface area (Å²) in [5, 5.41) is 23.3. The zero-order valence-corrected chi connectivity index (χ0v) is 21.4. The van der Waals surface area contributed by atoms with Crippen LogP contribution in [0.3, 0.4) is 0 Å². The molecule has 9 nitrogen and oxygen atoms in total. The number of hydrogen-bond donors (Lipinski definition) is 2. The van der Waals surface area contributed by atoms with E-state index in [2.05, 4.69) is 32.7 Å². The van der Waals surface area contributed by atoms with Crippen molar-refractivity contribution in [1.29, 1.82) is 5.26 Å². The van der Waals surface area contributed by atoms with Crippen LogP contribution in [0.4, 0.5) is 26.3 Å². The fourth-order valence-corrected chi connectivity index (χ4v) is 4.17. The third-order valence-electron chi connectivity index (χ3n) is 6.09. The lowest BCUT2D eigenvalue weighted by Gasteiger charge is -2.26. The maximum Gasteiger partial charge on any atom is 0.490 e. The molecule has 0 amide bonds. The number of rotatable bonds is 4. The average Bonchev–Trinajstić information content (AvgIpc) is 3.15. The van der Waals surface area contributed by atoms with Crippen LogP contribution < -0.4 is 0 Å². The minimum atomic E-state index is -5.08. The highest BCUT2D eigenvalue weighted by atomic mass is 19.4. The van der Waals surface area contributed by atoms with Gasteiger partial charge >= 0.3 is 24.3 Å². The minimum absolute atomic E-state index is 0.745. The summed E-state index contributed by atoms with van der Waals surface area (Å²) in [7, 11) is 0. The number of benzene rings is 1. The Morgan fingerprint density at radius 2 is 1.45 bits per heavy atom. The van der Waals surface area contributed by atoms with Crippen molar-refractivity contribution in [2.24, 2.45) is 0 Å². The van der Waals surface area contributed by atoms with Crippen molar-refractivity contribution in [2.45, 2.75) is 57.7 Å². The Hall–Kier alpha value is -3.64. The van der Waals surface area contributed by atoms with Gasteiger partial charge in [-0.2, -0.15) is 31.6 Å². The number of hydrogen-bond acceptors (Lipinski definition) is 6. The van der Waals surface area contributed by atoms with Gasteiger partial charge in [0.25, 0.3) is 0 Å². The number of aromatic nitrogens is 2. The number of piperidine rings is 1. The molecule has 4 rings (SSSR count). The van der Waals surface area contributed by atoms with E-state index in [0.717, 1.165) is 44.7 Å². The molecule has 2 aromatic rings. The minimum Gasteiger partial charge on any atom is -0.475 e. The molecule has 0 atom stereocenters. The molecule has 0 spiro atoms. The molecule has 2 aliphatic rings. The molecule has 2 N–H and O–H groups in total. The Morgan fingerprint density at radius 1 is 0.875 bits per heavy atom. The quantitative estimate of drug-likeness (QED) is 0.522. The molecule has 0 saturated carbocycles. The number of likely N-dealkylation sites (tertiary alicyclic amines) is 1. The predicted octanol–water partition coefficient (Wildman–Crippen LogP) is 4.07. The topological polar surface area (TPSA) is 123 Å². The van der Waals surface area contributed by atoms with Gasteiger partial charge in [0.05, 0.1) is 17.3 Å². The molecule has 0 unspecified atom stereocenters. The fraction of sp³-hybridized carbons (Fsp3) is 0.520. The van der Waals surface area contributed by atoms with Crippen LogP contribution >= 0.6 is 0 Å². The Morgan fingerprint density at radius 3 is 2.00 bits per heavy atom. The van der Waals surface area contributed by atoms with Crippen LogP contribution in [0.25, 0.3) is 0 Å². The van der Waals surface area contributed by atoms with Crippen molar-refractivity contribution in [3.63, 3.8) is 0 Å². The first-order chi connectivity index (χ1) is 18.7. The molecule has 0 bridgehead atoms. The number of aliphatic carboxylic acids is 2. The SMILES string of the molecule is N#Cc1cccc(CN2CCc3ncc(CN4CCCCC4)n3CC2)c1.O=C(O)C(F)(F)F.O=C(O)C(F)(F)F. The van der Waals surface area contributed by atoms with Crippen LogP contribution in [-0.4, -0.2) is 80.0 Å². The van der Waals surface area contributed by atoms with E-state index >= 15 is 0 Å². The van der Waals surface area contributed by atoms with Crippen molar-refractivity contribution in [3.8, 4) is 6.07 Å². The summed E-state index contributed by atoms with van der Waals surface area (Å²) in [5.74, 6) is -4.29. The summed E-state index contributed by atoms with van der Waals surface area (Å²) in [6.07, 6.45) is -3.04. The van der Waals surface area contributed by atoms with E-state index in [-0.39, 0.29) is 0 Å². The first-order valence-electron chi connectivity index (χ1n) is 12.3. The number of carboxylic acids is 2. The summed E-state index contributed by atoms with van der Waals surface area (Å²) in [5.41, 5.74) is 3.33. The van der Waals surface area contributed by atoms with Gasteiger partial charge in [0.1, 0.15) is 5.82 Å². The zero-order valence-electron chi connectivity index (χ0n) is 21.4. The third kappa shape index (κ3) is 10.9. The summed E-state index contributed by atoms with van der Waals surface area (Å²) >= 11 is 0. The van der Waals surface area contributed by atoms with E-state index in [1.807, 2.05) is 18.2 Å². The molecule has 1 aromatic heterocycles. The smallest absolute Gasteiger partial charge is 0.475 e. The predicted molar refractivity (Wildman–Crippen MR) is 129 cm³/mol. The molecule has 0 aliphatic carbocycles. The Bertz CT molecular complexity index is 1150. The van der Waals surface area contributed by atoms with Crippen molar-refractivity contribution in [1.82, 2.24) is 19.4 Å². The number of nitrogens with zero attached hydrogens (tertiary/aromatic N) is 5. The first-order valence-corrected chi connectivity index (χ1v) is 12.3. The number of fused-ring (bicyclic) bond motifs is 1. The molecule has 0 radical (unpaired) electrons. The van der Waals surface area contributed by atoms with Crippen LogP contribution in [0, 0.1) is 11.3 Å². The molecule has 15 heteroatoms. The average molecular weight is 578 g/mol. The van der Waals surface area contributed by atoms with Gasteiger partial charge in [0, 0.05) is 45.3 Å². The number of nitriles is 1. The largest absolute Gasteiger partial charge is 0.490 e. The lowest BCUT2D eigenvalue weighted by Crippen LogP contribution is -2.30. The van der Waals surface area contributed by atoms with Crippen LogP contribution in [0.2, 0.25) is 0 Å². The highest BCUT2D eigenvalue weighted by Gasteiger charge is 2.38. The molecule has 2 aliphatic heterocycles. The second-order valence-corrected chi connectivity index (χ2v) is 9.10. The second-order valence-electron chi connectivity index (χ2n) is 9.10. The molecule has 1 saturated heterocycles. The summed E-state index contributed by atoms with van der Waals surface area (Å²) in [6, 6.07) is 10.2. The number of halogens is 6. The molecule has 3 heterocycles. The van der Waals surface area contributed by atoms with Crippen molar-refractivity contribution in [3.05, 3.63) is 53.1 Å². The van der Waals surface area contributed by atoms with Crippen molar-refractivity contribution >= 4 is 11.9 Å². The van der Waals surface area contributed by atoms with E-state index in [9.17, 15) is 26.3 Å². The van der Waals surface area contributed by atoms with Gasteiger partial charge in [0.15, 0.2) is 0 Å². The molecular weight excluding hydrogens is 548 g/mol. The number of carboxylic acid groups (broad SMARTS) is 2. The lowest BCUT2D eigenvalue weighted by molar-refractivity contribution is -0.193. The monoisotopic (exact) mass is 577 g/mol. The van der Waals surface area contributed by atoms with Crippen LogP contribution in [0.5, 0.6) is 0 Å². The number of imidazole rings is 1. The Balaban J connectivity index is 0.000000333. The van der Waals surface area contributed by atoms with Gasteiger partial charge in [0.2, 0.25) is 0 Å². The zero-order chi connectivity index (χ0) is 29.9. The van der Waals surface area contributed by atoms with Gasteiger partial charge < -0.3 is 14.8 Å². The third-order valence-corrected chi connectivity index (χ3v) is 6.09. The standard InChI is InChI=1S/C21H27N5.2C2HF3O2/c22-14-18-5-4-6-19(13-18)16-25-10-7-21-23-15-20(26(21)12-11-25)17-24-8-2-1-3-9-24;2*3-2(4,5)1(6)7/h4-6,13,15H,1-3,7-12,16-17H2;2*(H,6,7). The van der Waals surface area contributed by atoms with E-state index in [4.69, 9.17) is 30.0 Å². The van der Waals surface area contributed by atoms with E-state index in [1.165, 1.54) is 49.4 Å². The van der Waals surface area contributed by atoms with E-state index in [1.54, 1.807) is 0 Å². The molecular formula is C25H29F6N5O4. The molecule has 220 valence electrons. The number of carbonyl (C=O) groups is 2. The number of alkyl halides is 6. The maximum atomic E-state index is 10.6. The molecule has 40 heavy (non-hydrogen) atoms. The molecule has 1 aromatic carbocycles. The van der Waals surface area contributed by atoms with Crippen LogP contribution in [0.1, 0.15) is 41.9 Å². The van der Waals surface area contributed by atoms with Gasteiger partial charge in [-0.25, -0.2) is 14.6 Å². The maximum absolute atomic E-state index is 10.6. The molecule has 1 fully saturated rings. The van der Waals surface area contributed by atoms with Gasteiger partial charge in [-0.3, -0.25) is 9.80 Å². The highest BCUT2D eigenvalue weighted by molar-refractivity contribution is 5.73. The first kappa shape index (κ1) is 32.6. The van der Waals surface area contributed by atoms with E-state index in [0.29, 0.717) is 0 Å². The lowest BCUT2D eigenvalue weighted by atomic mass is 10.1. The van der Waals surface area contributed by atoms with Crippen molar-refractivity contribution < 1.29 is 46.1 Å². The normalized spacial score (nSPS) is 16.2. The van der Waals surface area contributed by atoms with Crippen molar-refractivity contribution in [2.75, 3.05) is 26.2 Å². The summed E-state index contributed by atoms with van der Waals surface area (Å²) < 4.78 is 65.9. The van der Waals surface area contributed by atoms with Crippen LogP contribution in [0.15, 0.2) is 30.5 Å². The van der Waals surface area contributed by atoms with Gasteiger partial charge in [-0.15, -0.1) is 0 Å². The van der Waals surface area contributed by atoms with Gasteiger partial charge in [-0.05, 0) is 43.6 Å². The van der Waals surface area contributed by atoms with Gasteiger partial charge in [-0.1, -0.05) is 18.6 Å². The summed E-state index contributed by atoms with van der Waals surface area (Å²) in [6.45, 7) is 7.46. The second kappa shape index (κ2) is 14.7. The van der Waals surface area contributed by atoms with E-state index < -0.39 is 24.3 Å². The fourth-order valence-electron chi connectivity index (χ4n) is 4.17. The summed E-state index contributed by atoms with van der Waals surface area (Å²) in [4.78, 5) is 27.6. The van der Waals surface area contributed by atoms with Crippen LogP contribution in [-0.2, 0) is 35.6 Å². The highest BCUT2D eigenvalue weighted by Crippen LogP contribution is 2.18. The Labute approximate surface area is 226 Å². The Kier molecular flexibility index (Phi) is 11.9.